The summed E-state index contributed by atoms with van der Waals surface area (Å²) in [6, 6.07) is 5.35. The van der Waals surface area contributed by atoms with Gasteiger partial charge in [-0.25, -0.2) is 4.39 Å². The van der Waals surface area contributed by atoms with E-state index in [1.165, 1.54) is 24.3 Å². The zero-order valence-electron chi connectivity index (χ0n) is 16.3. The number of nitrogens with zero attached hydrogens (tertiary/aromatic N) is 2. The first-order valence-corrected chi connectivity index (χ1v) is 9.92. The summed E-state index contributed by atoms with van der Waals surface area (Å²) in [6.07, 6.45) is -2.14. The summed E-state index contributed by atoms with van der Waals surface area (Å²) in [7, 11) is 0. The molecule has 4 aliphatic rings. The Kier molecular flexibility index (Phi) is 4.34. The highest BCUT2D eigenvalue weighted by atomic mass is 19.4. The van der Waals surface area contributed by atoms with Gasteiger partial charge in [-0.3, -0.25) is 9.53 Å². The van der Waals surface area contributed by atoms with Crippen LogP contribution >= 0.6 is 0 Å². The van der Waals surface area contributed by atoms with Crippen LogP contribution in [-0.4, -0.2) is 34.6 Å². The summed E-state index contributed by atoms with van der Waals surface area (Å²) in [4.78, 5) is 12.2. The molecule has 2 bridgehead atoms. The highest BCUT2D eigenvalue weighted by Gasteiger charge is 2.72. The highest BCUT2D eigenvalue weighted by Crippen LogP contribution is 2.67. The molecule has 0 radical (unpaired) electrons. The lowest BCUT2D eigenvalue weighted by molar-refractivity contribution is -0.387. The number of carbonyl (C=O) groups excluding carboxylic acids is 1. The average Bonchev–Trinajstić information content (AvgIpc) is 3.09. The van der Waals surface area contributed by atoms with Gasteiger partial charge in [0.2, 0.25) is 11.8 Å². The maximum Gasteiger partial charge on any atom is 0.523 e. The SMILES string of the molecule is O=C(COc1ccc(F)cc1)NC12CC(c3nnc(C4(OC(F)(F)F)CCC4)o3)(C1)C2. The molecule has 1 heterocycles. The van der Waals surface area contributed by atoms with Crippen LogP contribution in [0.2, 0.25) is 0 Å². The highest BCUT2D eigenvalue weighted by molar-refractivity contribution is 5.79. The van der Waals surface area contributed by atoms with Crippen molar-refractivity contribution in [2.45, 2.75) is 61.4 Å². The van der Waals surface area contributed by atoms with Gasteiger partial charge in [-0.05, 0) is 62.8 Å². The Labute approximate surface area is 174 Å². The van der Waals surface area contributed by atoms with Gasteiger partial charge in [0.1, 0.15) is 11.6 Å². The molecule has 0 atom stereocenters. The number of nitrogens with one attached hydrogen (secondary N) is 1. The molecule has 166 valence electrons. The standard InChI is InChI=1S/C20H19F4N3O4/c21-12-2-4-13(5-3-12)29-8-14(28)25-18-9-17(10-18,11-18)15-26-27-16(30-15)19(6-1-7-19)31-20(22,23)24/h2-5H,1,6-11H2,(H,25,28). The summed E-state index contributed by atoms with van der Waals surface area (Å²) in [5.41, 5.74) is -2.40. The Balaban J connectivity index is 1.16. The maximum absolute atomic E-state index is 12.9. The van der Waals surface area contributed by atoms with Crippen molar-refractivity contribution in [2.75, 3.05) is 6.61 Å². The summed E-state index contributed by atoms with van der Waals surface area (Å²) < 4.78 is 66.5. The lowest BCUT2D eigenvalue weighted by Gasteiger charge is -2.68. The van der Waals surface area contributed by atoms with Crippen LogP contribution in [0.4, 0.5) is 17.6 Å². The predicted octanol–water partition coefficient (Wildman–Crippen LogP) is 3.49. The lowest BCUT2D eigenvalue weighted by Crippen LogP contribution is -2.77. The van der Waals surface area contributed by atoms with Crippen molar-refractivity contribution in [1.29, 1.82) is 0 Å². The number of amides is 1. The average molecular weight is 441 g/mol. The van der Waals surface area contributed by atoms with Crippen molar-refractivity contribution in [3.63, 3.8) is 0 Å². The third kappa shape index (κ3) is 3.54. The van der Waals surface area contributed by atoms with E-state index in [1.54, 1.807) is 0 Å². The van der Waals surface area contributed by atoms with Crippen molar-refractivity contribution in [3.05, 3.63) is 41.9 Å². The molecule has 0 aliphatic heterocycles. The van der Waals surface area contributed by atoms with Crippen LogP contribution in [0.3, 0.4) is 0 Å². The van der Waals surface area contributed by atoms with Crippen LogP contribution in [0.15, 0.2) is 28.7 Å². The molecule has 1 aromatic heterocycles. The first-order chi connectivity index (χ1) is 14.6. The number of alkyl halides is 3. The minimum atomic E-state index is -4.78. The second-order valence-electron chi connectivity index (χ2n) is 8.69. The van der Waals surface area contributed by atoms with E-state index in [1.807, 2.05) is 0 Å². The number of rotatable bonds is 7. The number of aromatic nitrogens is 2. The van der Waals surface area contributed by atoms with Crippen molar-refractivity contribution in [1.82, 2.24) is 15.5 Å². The normalized spacial score (nSPS) is 28.1. The number of hydrogen-bond donors (Lipinski definition) is 1. The van der Waals surface area contributed by atoms with Crippen molar-refractivity contribution in [2.24, 2.45) is 0 Å². The topological polar surface area (TPSA) is 86.5 Å². The van der Waals surface area contributed by atoms with Gasteiger partial charge in [0, 0.05) is 5.54 Å². The fourth-order valence-corrected chi connectivity index (χ4v) is 4.86. The van der Waals surface area contributed by atoms with E-state index in [0.29, 0.717) is 37.3 Å². The molecule has 4 aliphatic carbocycles. The fourth-order valence-electron chi connectivity index (χ4n) is 4.86. The number of halogens is 4. The number of benzene rings is 1. The van der Waals surface area contributed by atoms with Gasteiger partial charge in [0.05, 0.1) is 5.41 Å². The van der Waals surface area contributed by atoms with E-state index in [4.69, 9.17) is 9.15 Å². The Hall–Kier alpha value is -2.69. The third-order valence-electron chi connectivity index (χ3n) is 6.36. The van der Waals surface area contributed by atoms with Crippen LogP contribution in [-0.2, 0) is 20.5 Å². The van der Waals surface area contributed by atoms with E-state index in [9.17, 15) is 22.4 Å². The van der Waals surface area contributed by atoms with Gasteiger partial charge < -0.3 is 14.5 Å². The monoisotopic (exact) mass is 441 g/mol. The van der Waals surface area contributed by atoms with Gasteiger partial charge in [-0.15, -0.1) is 23.4 Å². The molecule has 0 unspecified atom stereocenters. The van der Waals surface area contributed by atoms with E-state index in [0.717, 1.165) is 0 Å². The molecule has 11 heteroatoms. The summed E-state index contributed by atoms with van der Waals surface area (Å²) >= 11 is 0. The van der Waals surface area contributed by atoms with Gasteiger partial charge in [0.25, 0.3) is 5.91 Å². The molecular formula is C20H19F4N3O4. The minimum absolute atomic E-state index is 0.137. The maximum atomic E-state index is 12.9. The zero-order chi connectivity index (χ0) is 21.9. The molecule has 4 fully saturated rings. The molecule has 31 heavy (non-hydrogen) atoms. The summed E-state index contributed by atoms with van der Waals surface area (Å²) in [5.74, 6) is -0.168. The van der Waals surface area contributed by atoms with Crippen LogP contribution in [0, 0.1) is 5.82 Å². The van der Waals surface area contributed by atoms with E-state index >= 15 is 0 Å². The van der Waals surface area contributed by atoms with E-state index in [-0.39, 0.29) is 31.2 Å². The molecule has 6 rings (SSSR count). The minimum Gasteiger partial charge on any atom is -0.484 e. The van der Waals surface area contributed by atoms with Crippen molar-refractivity contribution in [3.8, 4) is 5.75 Å². The van der Waals surface area contributed by atoms with Gasteiger partial charge in [0.15, 0.2) is 12.2 Å². The quantitative estimate of drug-likeness (QED) is 0.662. The van der Waals surface area contributed by atoms with Gasteiger partial charge in [-0.1, -0.05) is 0 Å². The Bertz CT molecular complexity index is 981. The van der Waals surface area contributed by atoms with Gasteiger partial charge in [-0.2, -0.15) is 0 Å². The number of hydrogen-bond acceptors (Lipinski definition) is 6. The second kappa shape index (κ2) is 6.65. The molecule has 1 amide bonds. The van der Waals surface area contributed by atoms with Gasteiger partial charge >= 0.3 is 6.36 Å². The molecular weight excluding hydrogens is 422 g/mol. The largest absolute Gasteiger partial charge is 0.523 e. The molecule has 1 aromatic carbocycles. The smallest absolute Gasteiger partial charge is 0.484 e. The molecule has 1 N–H and O–H groups in total. The molecule has 2 aromatic rings. The van der Waals surface area contributed by atoms with E-state index < -0.39 is 28.7 Å². The fraction of sp³-hybridized carbons (Fsp3) is 0.550. The number of carbonyl (C=O) groups is 1. The van der Waals surface area contributed by atoms with Crippen LogP contribution in [0.1, 0.15) is 50.3 Å². The Morgan fingerprint density at radius 2 is 1.74 bits per heavy atom. The number of ether oxygens (including phenoxy) is 2. The summed E-state index contributed by atoms with van der Waals surface area (Å²) in [6.45, 7) is -0.206. The second-order valence-corrected chi connectivity index (χ2v) is 8.69. The lowest BCUT2D eigenvalue weighted by atomic mass is 9.39. The van der Waals surface area contributed by atoms with Crippen LogP contribution in [0.25, 0.3) is 0 Å². The zero-order valence-corrected chi connectivity index (χ0v) is 16.3. The van der Waals surface area contributed by atoms with Crippen LogP contribution < -0.4 is 10.1 Å². The summed E-state index contributed by atoms with van der Waals surface area (Å²) in [5, 5.41) is 10.8. The first-order valence-electron chi connectivity index (χ1n) is 9.92. The third-order valence-corrected chi connectivity index (χ3v) is 6.36. The predicted molar refractivity (Wildman–Crippen MR) is 95.3 cm³/mol. The van der Waals surface area contributed by atoms with E-state index in [2.05, 4.69) is 20.3 Å². The molecule has 0 spiro atoms. The first kappa shape index (κ1) is 20.2. The Morgan fingerprint density at radius 3 is 2.32 bits per heavy atom. The molecule has 4 saturated carbocycles. The van der Waals surface area contributed by atoms with Crippen LogP contribution in [0.5, 0.6) is 5.75 Å². The van der Waals surface area contributed by atoms with Crippen molar-refractivity contribution >= 4 is 5.91 Å². The molecule has 7 nitrogen and oxygen atoms in total. The molecule has 0 saturated heterocycles. The van der Waals surface area contributed by atoms with Crippen molar-refractivity contribution < 1.29 is 36.2 Å². The Morgan fingerprint density at radius 1 is 1.10 bits per heavy atom.